The minimum atomic E-state index is 0.582. The molecule has 2 fully saturated rings. The number of ether oxygens (including phenoxy) is 1. The number of hydrogen-bond acceptors (Lipinski definition) is 3. The molecule has 3 nitrogen and oxygen atoms in total. The van der Waals surface area contributed by atoms with Crippen LogP contribution in [0.2, 0.25) is 0 Å². The second-order valence-electron chi connectivity index (χ2n) is 5.36. The van der Waals surface area contributed by atoms with E-state index >= 15 is 0 Å². The summed E-state index contributed by atoms with van der Waals surface area (Å²) in [5.74, 6) is 1.91. The molecule has 3 rings (SSSR count). The monoisotopic (exact) mass is 232 g/mol. The fraction of sp³-hybridized carbons (Fsp3) is 0.643. The topological polar surface area (TPSA) is 25.4 Å². The molecule has 1 saturated heterocycles. The van der Waals surface area contributed by atoms with Crippen molar-refractivity contribution < 1.29 is 4.74 Å². The summed E-state index contributed by atoms with van der Waals surface area (Å²) in [6.45, 7) is 2.79. The van der Waals surface area contributed by atoms with Crippen LogP contribution in [0.3, 0.4) is 0 Å². The predicted molar refractivity (Wildman–Crippen MR) is 67.1 cm³/mol. The summed E-state index contributed by atoms with van der Waals surface area (Å²) < 4.78 is 5.91. The number of nitrogens with zero attached hydrogens (tertiary/aromatic N) is 2. The molecule has 0 bridgehead atoms. The fourth-order valence-corrected chi connectivity index (χ4v) is 2.93. The number of likely N-dealkylation sites (tertiary alicyclic amines) is 1. The standard InChI is InChI=1S/C14H20N2O/c1-10-14(4-3-7-15-10)17-9-12-6-5-11-8-13(11)16(12)2/h3-4,7,11-13H,5-6,8-9H2,1-2H3. The van der Waals surface area contributed by atoms with Crippen LogP contribution in [0.1, 0.15) is 25.0 Å². The zero-order valence-electron chi connectivity index (χ0n) is 10.6. The first-order chi connectivity index (χ1) is 8.25. The highest BCUT2D eigenvalue weighted by Gasteiger charge is 2.46. The molecule has 1 aliphatic carbocycles. The lowest BCUT2D eigenvalue weighted by Gasteiger charge is -2.32. The first-order valence-corrected chi connectivity index (χ1v) is 6.52. The van der Waals surface area contributed by atoms with E-state index in [1.807, 2.05) is 25.3 Å². The molecule has 1 aromatic rings. The Morgan fingerprint density at radius 1 is 1.47 bits per heavy atom. The number of hydrogen-bond donors (Lipinski definition) is 0. The van der Waals surface area contributed by atoms with Crippen LogP contribution < -0.4 is 4.74 Å². The van der Waals surface area contributed by atoms with Crippen LogP contribution >= 0.6 is 0 Å². The Kier molecular flexibility index (Phi) is 2.79. The summed E-state index contributed by atoms with van der Waals surface area (Å²) in [6, 6.07) is 5.36. The number of fused-ring (bicyclic) bond motifs is 1. The van der Waals surface area contributed by atoms with Crippen molar-refractivity contribution in [1.82, 2.24) is 9.88 Å². The van der Waals surface area contributed by atoms with Gasteiger partial charge in [0.2, 0.25) is 0 Å². The zero-order valence-corrected chi connectivity index (χ0v) is 10.6. The van der Waals surface area contributed by atoms with E-state index < -0.39 is 0 Å². The van der Waals surface area contributed by atoms with E-state index in [-0.39, 0.29) is 0 Å². The molecule has 3 atom stereocenters. The molecule has 3 heteroatoms. The Morgan fingerprint density at radius 3 is 3.18 bits per heavy atom. The maximum absolute atomic E-state index is 5.91. The molecule has 0 radical (unpaired) electrons. The third kappa shape index (κ3) is 2.16. The maximum Gasteiger partial charge on any atom is 0.140 e. The van der Waals surface area contributed by atoms with E-state index in [1.165, 1.54) is 19.3 Å². The normalized spacial score (nSPS) is 32.0. The Labute approximate surface area is 103 Å². The van der Waals surface area contributed by atoms with Gasteiger partial charge in [0.1, 0.15) is 12.4 Å². The van der Waals surface area contributed by atoms with Gasteiger partial charge in [-0.05, 0) is 51.3 Å². The van der Waals surface area contributed by atoms with E-state index in [0.29, 0.717) is 6.04 Å². The molecular formula is C14H20N2O. The van der Waals surface area contributed by atoms with E-state index in [9.17, 15) is 0 Å². The van der Waals surface area contributed by atoms with Crippen LogP contribution in [-0.4, -0.2) is 35.6 Å². The zero-order chi connectivity index (χ0) is 11.8. The SMILES string of the molecule is Cc1ncccc1OCC1CCC2CC2N1C. The third-order valence-electron chi connectivity index (χ3n) is 4.24. The molecular weight excluding hydrogens is 212 g/mol. The Bertz CT molecular complexity index is 407. The van der Waals surface area contributed by atoms with Crippen molar-refractivity contribution in [2.75, 3.05) is 13.7 Å². The lowest BCUT2D eigenvalue weighted by atomic mass is 10.0. The molecule has 0 N–H and O–H groups in total. The van der Waals surface area contributed by atoms with Gasteiger partial charge >= 0.3 is 0 Å². The summed E-state index contributed by atoms with van der Waals surface area (Å²) in [4.78, 5) is 6.76. The largest absolute Gasteiger partial charge is 0.490 e. The van der Waals surface area contributed by atoms with Gasteiger partial charge in [-0.3, -0.25) is 9.88 Å². The highest BCUT2D eigenvalue weighted by Crippen LogP contribution is 2.44. The van der Waals surface area contributed by atoms with Gasteiger partial charge in [0.25, 0.3) is 0 Å². The first kappa shape index (κ1) is 11.0. The Balaban J connectivity index is 1.59. The summed E-state index contributed by atoms with van der Waals surface area (Å²) in [5, 5.41) is 0. The van der Waals surface area contributed by atoms with Crippen LogP contribution in [0.25, 0.3) is 0 Å². The van der Waals surface area contributed by atoms with Gasteiger partial charge in [0, 0.05) is 18.3 Å². The molecule has 0 amide bonds. The van der Waals surface area contributed by atoms with Crippen LogP contribution in [0, 0.1) is 12.8 Å². The number of aryl methyl sites for hydroxylation is 1. The highest BCUT2D eigenvalue weighted by molar-refractivity contribution is 5.25. The van der Waals surface area contributed by atoms with Crippen molar-refractivity contribution in [3.8, 4) is 5.75 Å². The molecule has 1 saturated carbocycles. The number of piperidine rings is 1. The third-order valence-corrected chi connectivity index (χ3v) is 4.24. The van der Waals surface area contributed by atoms with Crippen molar-refractivity contribution in [3.05, 3.63) is 24.0 Å². The van der Waals surface area contributed by atoms with Crippen molar-refractivity contribution >= 4 is 0 Å². The van der Waals surface area contributed by atoms with Gasteiger partial charge in [-0.1, -0.05) is 0 Å². The van der Waals surface area contributed by atoms with Gasteiger partial charge in [-0.25, -0.2) is 0 Å². The van der Waals surface area contributed by atoms with Crippen LogP contribution in [0.4, 0.5) is 0 Å². The molecule has 3 unspecified atom stereocenters. The second-order valence-corrected chi connectivity index (χ2v) is 5.36. The average molecular weight is 232 g/mol. The molecule has 2 aliphatic rings. The molecule has 0 spiro atoms. The van der Waals surface area contributed by atoms with Crippen LogP contribution in [-0.2, 0) is 0 Å². The van der Waals surface area contributed by atoms with E-state index in [1.54, 1.807) is 0 Å². The number of aromatic nitrogens is 1. The van der Waals surface area contributed by atoms with E-state index in [4.69, 9.17) is 4.74 Å². The molecule has 17 heavy (non-hydrogen) atoms. The molecule has 92 valence electrons. The van der Waals surface area contributed by atoms with Crippen LogP contribution in [0.5, 0.6) is 5.75 Å². The predicted octanol–water partition coefficient (Wildman–Crippen LogP) is 2.25. The summed E-state index contributed by atoms with van der Waals surface area (Å²) >= 11 is 0. The average Bonchev–Trinajstić information content (AvgIpc) is 3.10. The second kappa shape index (κ2) is 4.30. The van der Waals surface area contributed by atoms with E-state index in [0.717, 1.165) is 30.0 Å². The molecule has 1 aromatic heterocycles. The molecule has 2 heterocycles. The summed E-state index contributed by atoms with van der Waals surface area (Å²) in [6.07, 6.45) is 5.87. The maximum atomic E-state index is 5.91. The summed E-state index contributed by atoms with van der Waals surface area (Å²) in [7, 11) is 2.24. The van der Waals surface area contributed by atoms with Gasteiger partial charge < -0.3 is 4.74 Å². The Hall–Kier alpha value is -1.09. The fourth-order valence-electron chi connectivity index (χ4n) is 2.93. The van der Waals surface area contributed by atoms with Crippen molar-refractivity contribution in [2.24, 2.45) is 5.92 Å². The van der Waals surface area contributed by atoms with Crippen molar-refractivity contribution in [3.63, 3.8) is 0 Å². The summed E-state index contributed by atoms with van der Waals surface area (Å²) in [5.41, 5.74) is 0.982. The van der Waals surface area contributed by atoms with Gasteiger partial charge in [0.15, 0.2) is 0 Å². The molecule has 1 aliphatic heterocycles. The van der Waals surface area contributed by atoms with Gasteiger partial charge in [0.05, 0.1) is 5.69 Å². The number of rotatable bonds is 3. The van der Waals surface area contributed by atoms with Crippen molar-refractivity contribution in [2.45, 2.75) is 38.3 Å². The molecule has 0 aromatic carbocycles. The minimum Gasteiger partial charge on any atom is -0.490 e. The highest BCUT2D eigenvalue weighted by atomic mass is 16.5. The lowest BCUT2D eigenvalue weighted by Crippen LogP contribution is -2.41. The lowest BCUT2D eigenvalue weighted by molar-refractivity contribution is 0.117. The van der Waals surface area contributed by atoms with E-state index in [2.05, 4.69) is 16.9 Å². The van der Waals surface area contributed by atoms with Crippen LogP contribution in [0.15, 0.2) is 18.3 Å². The van der Waals surface area contributed by atoms with Crippen molar-refractivity contribution in [1.29, 1.82) is 0 Å². The van der Waals surface area contributed by atoms with Gasteiger partial charge in [-0.2, -0.15) is 0 Å². The Morgan fingerprint density at radius 2 is 2.35 bits per heavy atom. The number of likely N-dealkylation sites (N-methyl/N-ethyl adjacent to an activating group) is 1. The van der Waals surface area contributed by atoms with Gasteiger partial charge in [-0.15, -0.1) is 0 Å². The minimum absolute atomic E-state index is 0.582. The smallest absolute Gasteiger partial charge is 0.140 e. The first-order valence-electron chi connectivity index (χ1n) is 6.52. The number of pyridine rings is 1. The quantitative estimate of drug-likeness (QED) is 0.799.